The molecule has 150 valence electrons. The maximum Gasteiger partial charge on any atom is 0.322 e. The Morgan fingerprint density at radius 2 is 2.00 bits per heavy atom. The molecule has 6 heteroatoms. The Hall–Kier alpha value is -3.02. The summed E-state index contributed by atoms with van der Waals surface area (Å²) in [5.74, 6) is 0.934. The van der Waals surface area contributed by atoms with E-state index in [4.69, 9.17) is 4.74 Å². The molecule has 2 heterocycles. The van der Waals surface area contributed by atoms with Crippen LogP contribution < -0.4 is 15.4 Å². The van der Waals surface area contributed by atoms with Crippen LogP contribution in [-0.4, -0.2) is 30.5 Å². The van der Waals surface area contributed by atoms with Crippen molar-refractivity contribution in [1.29, 1.82) is 0 Å². The van der Waals surface area contributed by atoms with Gasteiger partial charge < -0.3 is 20.3 Å². The van der Waals surface area contributed by atoms with Crippen molar-refractivity contribution >= 4 is 23.3 Å². The number of benzene rings is 2. The van der Waals surface area contributed by atoms with Crippen molar-refractivity contribution < 1.29 is 14.3 Å². The number of hydrogen-bond acceptors (Lipinski definition) is 3. The Labute approximate surface area is 170 Å². The molecule has 2 N–H and O–H groups in total. The Morgan fingerprint density at radius 3 is 2.79 bits per heavy atom. The van der Waals surface area contributed by atoms with E-state index in [9.17, 15) is 9.59 Å². The first-order valence-electron chi connectivity index (χ1n) is 10.2. The SMILES string of the molecule is COc1ccc2c(c1)C1(CC1)CN(C(=O)Nc1ccc3c(c1)CCCC(=O)N3)C2. The smallest absolute Gasteiger partial charge is 0.322 e. The molecule has 2 aromatic carbocycles. The second-order valence-corrected chi connectivity index (χ2v) is 8.36. The summed E-state index contributed by atoms with van der Waals surface area (Å²) < 4.78 is 5.40. The van der Waals surface area contributed by atoms with Gasteiger partial charge in [0.25, 0.3) is 0 Å². The summed E-state index contributed by atoms with van der Waals surface area (Å²) in [6.45, 7) is 1.34. The molecule has 3 aliphatic rings. The topological polar surface area (TPSA) is 70.7 Å². The number of fused-ring (bicyclic) bond motifs is 3. The number of ether oxygens (including phenoxy) is 1. The predicted molar refractivity (Wildman–Crippen MR) is 111 cm³/mol. The van der Waals surface area contributed by atoms with Crippen LogP contribution in [0.15, 0.2) is 36.4 Å². The zero-order valence-corrected chi connectivity index (χ0v) is 16.6. The molecule has 0 bridgehead atoms. The van der Waals surface area contributed by atoms with E-state index in [1.165, 1.54) is 11.1 Å². The van der Waals surface area contributed by atoms with Gasteiger partial charge in [0, 0.05) is 36.3 Å². The Kier molecular flexibility index (Phi) is 4.23. The molecular weight excluding hydrogens is 366 g/mol. The number of nitrogens with zero attached hydrogens (tertiary/aromatic N) is 1. The van der Waals surface area contributed by atoms with Gasteiger partial charge in [-0.2, -0.15) is 0 Å². The van der Waals surface area contributed by atoms with Gasteiger partial charge in [-0.15, -0.1) is 0 Å². The maximum absolute atomic E-state index is 13.0. The fourth-order valence-electron chi connectivity index (χ4n) is 4.60. The number of nitrogens with one attached hydrogen (secondary N) is 2. The van der Waals surface area contributed by atoms with Crippen molar-refractivity contribution in [3.05, 3.63) is 53.1 Å². The summed E-state index contributed by atoms with van der Waals surface area (Å²) in [4.78, 5) is 26.7. The van der Waals surface area contributed by atoms with E-state index < -0.39 is 0 Å². The van der Waals surface area contributed by atoms with Gasteiger partial charge in [0.05, 0.1) is 7.11 Å². The molecule has 1 aliphatic carbocycles. The number of hydrogen-bond donors (Lipinski definition) is 2. The third-order valence-corrected chi connectivity index (χ3v) is 6.36. The minimum Gasteiger partial charge on any atom is -0.497 e. The van der Waals surface area contributed by atoms with E-state index in [2.05, 4.69) is 22.8 Å². The molecule has 5 rings (SSSR count). The second-order valence-electron chi connectivity index (χ2n) is 8.36. The largest absolute Gasteiger partial charge is 0.497 e. The Bertz CT molecular complexity index is 997. The normalized spacial score (nSPS) is 18.9. The molecule has 1 saturated carbocycles. The van der Waals surface area contributed by atoms with E-state index in [0.717, 1.165) is 54.9 Å². The lowest BCUT2D eigenvalue weighted by Gasteiger charge is -2.35. The molecule has 0 aromatic heterocycles. The van der Waals surface area contributed by atoms with Gasteiger partial charge in [-0.05, 0) is 72.7 Å². The molecule has 1 spiro atoms. The maximum atomic E-state index is 13.0. The van der Waals surface area contributed by atoms with Crippen molar-refractivity contribution in [2.45, 2.75) is 44.1 Å². The van der Waals surface area contributed by atoms with Gasteiger partial charge >= 0.3 is 6.03 Å². The van der Waals surface area contributed by atoms with E-state index in [0.29, 0.717) is 13.0 Å². The number of urea groups is 1. The third-order valence-electron chi connectivity index (χ3n) is 6.36. The molecule has 0 atom stereocenters. The summed E-state index contributed by atoms with van der Waals surface area (Å²) in [7, 11) is 1.69. The number of aryl methyl sites for hydroxylation is 1. The average Bonchev–Trinajstić information content (AvgIpc) is 3.51. The zero-order valence-electron chi connectivity index (χ0n) is 16.6. The lowest BCUT2D eigenvalue weighted by Crippen LogP contribution is -2.43. The quantitative estimate of drug-likeness (QED) is 0.811. The summed E-state index contributed by atoms with van der Waals surface area (Å²) >= 11 is 0. The minimum absolute atomic E-state index is 0.0545. The standard InChI is InChI=1S/C23H25N3O3/c1-29-18-7-5-16-13-26(14-23(9-10-23)19(16)12-18)22(28)24-17-6-8-20-15(11-17)3-2-4-21(27)25-20/h5-8,11-12H,2-4,9-10,13-14H2,1H3,(H,24,28)(H,25,27). The van der Waals surface area contributed by atoms with E-state index in [-0.39, 0.29) is 17.4 Å². The van der Waals surface area contributed by atoms with Crippen LogP contribution in [0.25, 0.3) is 0 Å². The highest BCUT2D eigenvalue weighted by Gasteiger charge is 2.50. The first-order chi connectivity index (χ1) is 14.1. The van der Waals surface area contributed by atoms with Crippen LogP contribution in [0.2, 0.25) is 0 Å². The van der Waals surface area contributed by atoms with E-state index >= 15 is 0 Å². The van der Waals surface area contributed by atoms with Crippen molar-refractivity contribution in [3.63, 3.8) is 0 Å². The van der Waals surface area contributed by atoms with Crippen LogP contribution in [0, 0.1) is 0 Å². The molecule has 2 aliphatic heterocycles. The zero-order chi connectivity index (χ0) is 20.0. The number of amides is 3. The van der Waals surface area contributed by atoms with Gasteiger partial charge in [0.1, 0.15) is 5.75 Å². The highest BCUT2D eigenvalue weighted by atomic mass is 16.5. The van der Waals surface area contributed by atoms with Crippen molar-refractivity contribution in [3.8, 4) is 5.75 Å². The summed E-state index contributed by atoms with van der Waals surface area (Å²) in [6.07, 6.45) is 4.41. The number of anilines is 2. The van der Waals surface area contributed by atoms with Crippen molar-refractivity contribution in [1.82, 2.24) is 4.90 Å². The van der Waals surface area contributed by atoms with Gasteiger partial charge in [0.2, 0.25) is 5.91 Å². The van der Waals surface area contributed by atoms with Crippen molar-refractivity contribution in [2.75, 3.05) is 24.3 Å². The number of carbonyl (C=O) groups excluding carboxylic acids is 2. The van der Waals surface area contributed by atoms with Crippen LogP contribution in [0.4, 0.5) is 16.2 Å². The highest BCUT2D eigenvalue weighted by molar-refractivity contribution is 5.94. The van der Waals surface area contributed by atoms with Crippen molar-refractivity contribution in [2.24, 2.45) is 0 Å². The fraction of sp³-hybridized carbons (Fsp3) is 0.391. The minimum atomic E-state index is -0.0737. The lowest BCUT2D eigenvalue weighted by atomic mass is 9.87. The first kappa shape index (κ1) is 18.0. The molecule has 3 amide bonds. The Morgan fingerprint density at radius 1 is 1.14 bits per heavy atom. The number of methoxy groups -OCH3 is 1. The van der Waals surface area contributed by atoms with Gasteiger partial charge in [-0.25, -0.2) is 4.79 Å². The summed E-state index contributed by atoms with van der Waals surface area (Å²) in [6, 6.07) is 11.8. The molecular formula is C23H25N3O3. The summed E-state index contributed by atoms with van der Waals surface area (Å²) in [5.41, 5.74) is 5.32. The van der Waals surface area contributed by atoms with Gasteiger partial charge in [-0.1, -0.05) is 6.07 Å². The monoisotopic (exact) mass is 391 g/mol. The highest BCUT2D eigenvalue weighted by Crippen LogP contribution is 2.53. The van der Waals surface area contributed by atoms with Crippen LogP contribution in [-0.2, 0) is 23.2 Å². The molecule has 2 aromatic rings. The van der Waals surface area contributed by atoms with Crippen LogP contribution in [0.3, 0.4) is 0 Å². The number of rotatable bonds is 2. The summed E-state index contributed by atoms with van der Waals surface area (Å²) in [5, 5.41) is 6.00. The first-order valence-corrected chi connectivity index (χ1v) is 10.2. The predicted octanol–water partition coefficient (Wildman–Crippen LogP) is 4.05. The molecule has 1 fully saturated rings. The molecule has 29 heavy (non-hydrogen) atoms. The average molecular weight is 391 g/mol. The van der Waals surface area contributed by atoms with Crippen LogP contribution >= 0.6 is 0 Å². The molecule has 0 saturated heterocycles. The molecule has 6 nitrogen and oxygen atoms in total. The van der Waals surface area contributed by atoms with Crippen LogP contribution in [0.1, 0.15) is 42.4 Å². The van der Waals surface area contributed by atoms with Gasteiger partial charge in [0.15, 0.2) is 0 Å². The second kappa shape index (κ2) is 6.79. The van der Waals surface area contributed by atoms with E-state index in [1.54, 1.807) is 7.11 Å². The Balaban J connectivity index is 1.34. The molecule has 0 unspecified atom stereocenters. The van der Waals surface area contributed by atoms with E-state index in [1.807, 2.05) is 29.2 Å². The van der Waals surface area contributed by atoms with Gasteiger partial charge in [-0.3, -0.25) is 4.79 Å². The fourth-order valence-corrected chi connectivity index (χ4v) is 4.60. The lowest BCUT2D eigenvalue weighted by molar-refractivity contribution is -0.116. The number of carbonyl (C=O) groups is 2. The third kappa shape index (κ3) is 3.33. The van der Waals surface area contributed by atoms with Crippen LogP contribution in [0.5, 0.6) is 5.75 Å². The molecule has 0 radical (unpaired) electrons.